The Labute approximate surface area is 164 Å². The summed E-state index contributed by atoms with van der Waals surface area (Å²) in [5, 5.41) is 6.71. The van der Waals surface area contributed by atoms with Gasteiger partial charge in [-0.05, 0) is 52.6 Å². The molecule has 7 heteroatoms. The maximum Gasteiger partial charge on any atom is 0.191 e. The molecule has 0 aliphatic carbocycles. The normalized spacial score (nSPS) is 21.3. The molecule has 0 atom stereocenters. The Hall–Kier alpha value is -0.120. The fourth-order valence-corrected chi connectivity index (χ4v) is 3.47. The van der Waals surface area contributed by atoms with Gasteiger partial charge in [0.25, 0.3) is 0 Å². The van der Waals surface area contributed by atoms with Gasteiger partial charge in [0.05, 0.1) is 13.2 Å². The highest BCUT2D eigenvalue weighted by atomic mass is 127. The number of hydrogen-bond donors (Lipinski definition) is 2. The highest BCUT2D eigenvalue weighted by Crippen LogP contribution is 2.31. The molecule has 2 aliphatic heterocycles. The van der Waals surface area contributed by atoms with Crippen LogP contribution in [0.4, 0.5) is 0 Å². The largest absolute Gasteiger partial charge is 0.381 e. The molecule has 2 rings (SSSR count). The Morgan fingerprint density at radius 1 is 1.17 bits per heavy atom. The van der Waals surface area contributed by atoms with E-state index in [0.29, 0.717) is 6.61 Å². The molecule has 0 bridgehead atoms. The summed E-state index contributed by atoms with van der Waals surface area (Å²) in [4.78, 5) is 7.55. The van der Waals surface area contributed by atoms with E-state index in [1.165, 1.54) is 25.9 Å². The van der Waals surface area contributed by atoms with Crippen LogP contribution < -0.4 is 10.6 Å². The Bertz CT molecular complexity index is 356. The molecule has 0 spiro atoms. The molecule has 24 heavy (non-hydrogen) atoms. The monoisotopic (exact) mass is 454 g/mol. The van der Waals surface area contributed by atoms with Crippen LogP contribution in [0.5, 0.6) is 0 Å². The van der Waals surface area contributed by atoms with E-state index < -0.39 is 0 Å². The Balaban J connectivity index is 0.00000288. The third-order valence-electron chi connectivity index (χ3n) is 4.82. The second-order valence-corrected chi connectivity index (χ2v) is 6.35. The van der Waals surface area contributed by atoms with Gasteiger partial charge in [0.1, 0.15) is 0 Å². The van der Waals surface area contributed by atoms with E-state index in [0.717, 1.165) is 58.3 Å². The second kappa shape index (κ2) is 12.3. The minimum absolute atomic E-state index is 0. The van der Waals surface area contributed by atoms with Crippen LogP contribution in [0, 0.1) is 0 Å². The lowest BCUT2D eigenvalue weighted by atomic mass is 9.88. The smallest absolute Gasteiger partial charge is 0.191 e. The Morgan fingerprint density at radius 3 is 2.50 bits per heavy atom. The van der Waals surface area contributed by atoms with Crippen molar-refractivity contribution < 1.29 is 9.47 Å². The SMILES string of the molecule is CCNC(=NCC1(N2CCCC2)CCOCC1)NCCOCC.I. The van der Waals surface area contributed by atoms with E-state index in [9.17, 15) is 0 Å². The Morgan fingerprint density at radius 2 is 1.88 bits per heavy atom. The van der Waals surface area contributed by atoms with Crippen molar-refractivity contribution in [2.75, 3.05) is 59.2 Å². The van der Waals surface area contributed by atoms with Gasteiger partial charge in [0.2, 0.25) is 0 Å². The summed E-state index contributed by atoms with van der Waals surface area (Å²) in [6, 6.07) is 0. The van der Waals surface area contributed by atoms with Crippen molar-refractivity contribution in [3.63, 3.8) is 0 Å². The van der Waals surface area contributed by atoms with E-state index >= 15 is 0 Å². The van der Waals surface area contributed by atoms with Gasteiger partial charge in [-0.1, -0.05) is 0 Å². The van der Waals surface area contributed by atoms with Gasteiger partial charge in [0, 0.05) is 38.4 Å². The van der Waals surface area contributed by atoms with Crippen LogP contribution in [-0.4, -0.2) is 75.5 Å². The van der Waals surface area contributed by atoms with Gasteiger partial charge in [-0.3, -0.25) is 9.89 Å². The number of nitrogens with one attached hydrogen (secondary N) is 2. The fraction of sp³-hybridized carbons (Fsp3) is 0.941. The maximum absolute atomic E-state index is 5.61. The summed E-state index contributed by atoms with van der Waals surface area (Å²) < 4.78 is 11.0. The maximum atomic E-state index is 5.61. The molecule has 0 aromatic rings. The number of guanidine groups is 1. The molecular formula is C17H35IN4O2. The van der Waals surface area contributed by atoms with Crippen molar-refractivity contribution in [1.82, 2.24) is 15.5 Å². The standard InChI is InChI=1S/C17H34N4O2.HI/c1-3-18-16(19-9-14-22-4-2)20-15-17(7-12-23-13-8-17)21-10-5-6-11-21;/h3-15H2,1-2H3,(H2,18,19,20);1H. The quantitative estimate of drug-likeness (QED) is 0.254. The number of rotatable bonds is 8. The zero-order valence-electron chi connectivity index (χ0n) is 15.3. The van der Waals surface area contributed by atoms with E-state index in [-0.39, 0.29) is 29.5 Å². The van der Waals surface area contributed by atoms with Gasteiger partial charge in [-0.25, -0.2) is 0 Å². The Kier molecular flexibility index (Phi) is 11.2. The molecule has 0 amide bonds. The molecule has 2 saturated heterocycles. The van der Waals surface area contributed by atoms with Crippen LogP contribution in [0.2, 0.25) is 0 Å². The van der Waals surface area contributed by atoms with Crippen molar-refractivity contribution in [2.45, 2.75) is 45.1 Å². The molecule has 0 radical (unpaired) electrons. The van der Waals surface area contributed by atoms with Gasteiger partial charge in [-0.2, -0.15) is 0 Å². The predicted octanol–water partition coefficient (Wildman–Crippen LogP) is 1.84. The summed E-state index contributed by atoms with van der Waals surface area (Å²) in [5.74, 6) is 0.900. The lowest BCUT2D eigenvalue weighted by molar-refractivity contribution is -0.0139. The first-order valence-electron chi connectivity index (χ1n) is 9.23. The lowest BCUT2D eigenvalue weighted by Gasteiger charge is -2.43. The van der Waals surface area contributed by atoms with Crippen molar-refractivity contribution in [3.8, 4) is 0 Å². The number of halogens is 1. The predicted molar refractivity (Wildman–Crippen MR) is 109 cm³/mol. The van der Waals surface area contributed by atoms with Crippen molar-refractivity contribution in [2.24, 2.45) is 4.99 Å². The fourth-order valence-electron chi connectivity index (χ4n) is 3.47. The molecule has 0 unspecified atom stereocenters. The van der Waals surface area contributed by atoms with Crippen molar-refractivity contribution in [1.29, 1.82) is 0 Å². The van der Waals surface area contributed by atoms with Crippen LogP contribution in [0.15, 0.2) is 4.99 Å². The first-order valence-corrected chi connectivity index (χ1v) is 9.23. The third kappa shape index (κ3) is 6.65. The highest BCUT2D eigenvalue weighted by Gasteiger charge is 2.39. The minimum atomic E-state index is 0. The lowest BCUT2D eigenvalue weighted by Crippen LogP contribution is -2.54. The molecule has 2 fully saturated rings. The summed E-state index contributed by atoms with van der Waals surface area (Å²) >= 11 is 0. The zero-order valence-corrected chi connectivity index (χ0v) is 17.6. The van der Waals surface area contributed by atoms with E-state index in [4.69, 9.17) is 14.5 Å². The summed E-state index contributed by atoms with van der Waals surface area (Å²) in [5.41, 5.74) is 0.191. The topological polar surface area (TPSA) is 58.1 Å². The number of hydrogen-bond acceptors (Lipinski definition) is 4. The van der Waals surface area contributed by atoms with Crippen LogP contribution in [0.25, 0.3) is 0 Å². The molecule has 0 saturated carbocycles. The zero-order chi connectivity index (χ0) is 16.4. The number of aliphatic imine (C=N–C) groups is 1. The van der Waals surface area contributed by atoms with Gasteiger partial charge >= 0.3 is 0 Å². The molecule has 2 N–H and O–H groups in total. The summed E-state index contributed by atoms with van der Waals surface area (Å²) in [6.07, 6.45) is 4.82. The van der Waals surface area contributed by atoms with Gasteiger partial charge in [0.15, 0.2) is 5.96 Å². The van der Waals surface area contributed by atoms with Gasteiger partial charge in [-0.15, -0.1) is 24.0 Å². The van der Waals surface area contributed by atoms with E-state index in [1.54, 1.807) is 0 Å². The van der Waals surface area contributed by atoms with Crippen LogP contribution >= 0.6 is 24.0 Å². The second-order valence-electron chi connectivity index (χ2n) is 6.35. The van der Waals surface area contributed by atoms with Crippen LogP contribution in [0.1, 0.15) is 39.5 Å². The third-order valence-corrected chi connectivity index (χ3v) is 4.82. The van der Waals surface area contributed by atoms with Crippen molar-refractivity contribution in [3.05, 3.63) is 0 Å². The van der Waals surface area contributed by atoms with Crippen molar-refractivity contribution >= 4 is 29.9 Å². The van der Waals surface area contributed by atoms with E-state index in [1.807, 2.05) is 6.92 Å². The summed E-state index contributed by atoms with van der Waals surface area (Å²) in [7, 11) is 0. The highest BCUT2D eigenvalue weighted by molar-refractivity contribution is 14.0. The van der Waals surface area contributed by atoms with Crippen LogP contribution in [-0.2, 0) is 9.47 Å². The number of nitrogens with zero attached hydrogens (tertiary/aromatic N) is 2. The average molecular weight is 454 g/mol. The molecule has 0 aromatic carbocycles. The van der Waals surface area contributed by atoms with Gasteiger partial charge < -0.3 is 20.1 Å². The average Bonchev–Trinajstić information content (AvgIpc) is 3.12. The van der Waals surface area contributed by atoms with E-state index in [2.05, 4.69) is 22.5 Å². The minimum Gasteiger partial charge on any atom is -0.381 e. The number of ether oxygens (including phenoxy) is 2. The molecule has 2 aliphatic rings. The van der Waals surface area contributed by atoms with Crippen LogP contribution in [0.3, 0.4) is 0 Å². The first kappa shape index (κ1) is 21.9. The molecule has 6 nitrogen and oxygen atoms in total. The molecular weight excluding hydrogens is 419 g/mol. The molecule has 142 valence electrons. The summed E-state index contributed by atoms with van der Waals surface area (Å²) in [6.45, 7) is 12.3. The molecule has 0 aromatic heterocycles. The first-order chi connectivity index (χ1) is 11.3. The molecule has 2 heterocycles. The number of likely N-dealkylation sites (tertiary alicyclic amines) is 1.